The van der Waals surface area contributed by atoms with Gasteiger partial charge in [-0.15, -0.1) is 0 Å². The van der Waals surface area contributed by atoms with Crippen LogP contribution in [0.25, 0.3) is 28.2 Å². The summed E-state index contributed by atoms with van der Waals surface area (Å²) < 4.78 is 18.9. The minimum Gasteiger partial charge on any atom is -0.496 e. The van der Waals surface area contributed by atoms with Gasteiger partial charge in [-0.2, -0.15) is 0 Å². The van der Waals surface area contributed by atoms with E-state index in [9.17, 15) is 19.7 Å². The van der Waals surface area contributed by atoms with Crippen molar-refractivity contribution in [3.8, 4) is 17.1 Å². The maximum atomic E-state index is 14.1. The molecule has 0 N–H and O–H groups in total. The first-order chi connectivity index (χ1) is 21.2. The minimum absolute atomic E-state index is 0.145. The van der Waals surface area contributed by atoms with Crippen LogP contribution in [0.5, 0.6) is 5.75 Å². The lowest BCUT2D eigenvalue weighted by Gasteiger charge is -2.27. The highest BCUT2D eigenvalue weighted by molar-refractivity contribution is 7.07. The van der Waals surface area contributed by atoms with Gasteiger partial charge in [0.15, 0.2) is 4.80 Å². The molecule has 12 heteroatoms. The van der Waals surface area contributed by atoms with Crippen LogP contribution in [0.2, 0.25) is 5.02 Å². The van der Waals surface area contributed by atoms with Crippen molar-refractivity contribution < 1.29 is 23.6 Å². The molecule has 1 atom stereocenters. The first kappa shape index (κ1) is 29.1. The van der Waals surface area contributed by atoms with Crippen LogP contribution in [0.15, 0.2) is 92.2 Å². The van der Waals surface area contributed by atoms with Gasteiger partial charge in [0, 0.05) is 22.7 Å². The van der Waals surface area contributed by atoms with Gasteiger partial charge in [-0.1, -0.05) is 53.3 Å². The van der Waals surface area contributed by atoms with Crippen molar-refractivity contribution in [1.29, 1.82) is 0 Å². The second-order valence-electron chi connectivity index (χ2n) is 9.83. The zero-order valence-electron chi connectivity index (χ0n) is 23.7. The molecule has 0 amide bonds. The number of nitro benzene ring substituents is 1. The molecule has 5 aromatic rings. The van der Waals surface area contributed by atoms with Gasteiger partial charge in [-0.25, -0.2) is 9.79 Å². The summed E-state index contributed by atoms with van der Waals surface area (Å²) in [5.41, 5.74) is 0.925. The Hall–Kier alpha value is -5.00. The lowest BCUT2D eigenvalue weighted by atomic mass is 9.90. The topological polar surface area (TPSA) is 126 Å². The molecule has 0 radical (unpaired) electrons. The van der Waals surface area contributed by atoms with Crippen molar-refractivity contribution in [3.05, 3.63) is 124 Å². The number of nitro groups is 1. The number of hydrogen-bond acceptors (Lipinski definition) is 9. The van der Waals surface area contributed by atoms with Gasteiger partial charge in [0.1, 0.15) is 23.3 Å². The minimum atomic E-state index is -0.891. The maximum absolute atomic E-state index is 14.1. The van der Waals surface area contributed by atoms with Crippen molar-refractivity contribution in [2.45, 2.75) is 19.9 Å². The van der Waals surface area contributed by atoms with E-state index in [0.717, 1.165) is 22.1 Å². The predicted molar refractivity (Wildman–Crippen MR) is 167 cm³/mol. The fourth-order valence-electron chi connectivity index (χ4n) is 5.37. The van der Waals surface area contributed by atoms with E-state index in [1.165, 1.54) is 29.9 Å². The molecule has 0 spiro atoms. The van der Waals surface area contributed by atoms with Gasteiger partial charge in [-0.3, -0.25) is 19.5 Å². The van der Waals surface area contributed by atoms with Crippen LogP contribution < -0.4 is 19.6 Å². The molecule has 0 bridgehead atoms. The monoisotopic (exact) mass is 629 g/mol. The van der Waals surface area contributed by atoms with E-state index in [-0.39, 0.29) is 38.7 Å². The molecule has 0 aliphatic carbocycles. The van der Waals surface area contributed by atoms with Crippen molar-refractivity contribution in [3.63, 3.8) is 0 Å². The van der Waals surface area contributed by atoms with Crippen LogP contribution in [-0.4, -0.2) is 29.2 Å². The summed E-state index contributed by atoms with van der Waals surface area (Å²) in [7, 11) is 1.54. The molecule has 2 aromatic heterocycles. The molecule has 10 nitrogen and oxygen atoms in total. The fraction of sp³-hybridized carbons (Fsp3) is 0.156. The van der Waals surface area contributed by atoms with Crippen LogP contribution in [0.3, 0.4) is 0 Å². The maximum Gasteiger partial charge on any atom is 0.338 e. The first-order valence-corrected chi connectivity index (χ1v) is 14.7. The second kappa shape index (κ2) is 11.6. The van der Waals surface area contributed by atoms with Crippen molar-refractivity contribution in [1.82, 2.24) is 4.57 Å². The number of rotatable bonds is 7. The van der Waals surface area contributed by atoms with Crippen molar-refractivity contribution in [2.75, 3.05) is 13.7 Å². The molecule has 0 saturated carbocycles. The smallest absolute Gasteiger partial charge is 0.338 e. The number of allylic oxidation sites excluding steroid dienone is 1. The molecule has 3 aromatic carbocycles. The van der Waals surface area contributed by atoms with Gasteiger partial charge in [0.05, 0.1) is 40.0 Å². The highest BCUT2D eigenvalue weighted by atomic mass is 35.5. The van der Waals surface area contributed by atoms with Crippen molar-refractivity contribution >= 4 is 51.4 Å². The standard InChI is InChI=1S/C32H24ClN3O7S/c1-4-42-31(38)27-17(2)34-32-35(29(27)28-21-8-6-5-7-18(21)9-13-25(28)41-3)30(37)26(44-32)16-20-11-14-24(43-20)22-12-10-19(33)15-23(22)36(39)40/h5-16,29H,4H2,1-3H3/b26-16-/t29-/m0/s1. The van der Waals surface area contributed by atoms with E-state index in [0.29, 0.717) is 27.6 Å². The van der Waals surface area contributed by atoms with Gasteiger partial charge in [0.2, 0.25) is 0 Å². The third-order valence-electron chi connectivity index (χ3n) is 7.26. The number of carbonyl (C=O) groups is 1. The molecule has 6 rings (SSSR count). The van der Waals surface area contributed by atoms with E-state index < -0.39 is 22.5 Å². The SMILES string of the molecule is CCOC(=O)C1=C(C)N=c2s/c(=C\c3ccc(-c4ccc(Cl)cc4[N+](=O)[O-])o3)c(=O)n2[C@@H]1c1c(OC)ccc2ccccc12. The summed E-state index contributed by atoms with van der Waals surface area (Å²) in [4.78, 5) is 43.7. The molecule has 1 aliphatic heterocycles. The highest BCUT2D eigenvalue weighted by Crippen LogP contribution is 2.40. The number of fused-ring (bicyclic) bond motifs is 2. The van der Waals surface area contributed by atoms with Crippen LogP contribution in [0.1, 0.15) is 31.2 Å². The third kappa shape index (κ3) is 4.99. The first-order valence-electron chi connectivity index (χ1n) is 13.5. The second-order valence-corrected chi connectivity index (χ2v) is 11.3. The number of ether oxygens (including phenoxy) is 2. The van der Waals surface area contributed by atoms with Gasteiger partial charge in [0.25, 0.3) is 11.2 Å². The van der Waals surface area contributed by atoms with Crippen molar-refractivity contribution in [2.24, 2.45) is 4.99 Å². The molecule has 1 aliphatic rings. The quantitative estimate of drug-likeness (QED) is 0.127. The van der Waals surface area contributed by atoms with E-state index >= 15 is 0 Å². The van der Waals surface area contributed by atoms with E-state index in [1.807, 2.05) is 36.4 Å². The van der Waals surface area contributed by atoms with Gasteiger partial charge < -0.3 is 13.9 Å². The van der Waals surface area contributed by atoms with Crippen LogP contribution in [0, 0.1) is 10.1 Å². The molecular weight excluding hydrogens is 606 g/mol. The fourth-order valence-corrected chi connectivity index (χ4v) is 6.56. The van der Waals surface area contributed by atoms with Crippen LogP contribution >= 0.6 is 22.9 Å². The molecule has 222 valence electrons. The number of esters is 1. The lowest BCUT2D eigenvalue weighted by molar-refractivity contribution is -0.384. The number of carbonyl (C=O) groups excluding carboxylic acids is 1. The van der Waals surface area contributed by atoms with E-state index in [1.54, 1.807) is 32.1 Å². The Morgan fingerprint density at radius 3 is 2.73 bits per heavy atom. The zero-order chi connectivity index (χ0) is 31.1. The highest BCUT2D eigenvalue weighted by Gasteiger charge is 2.36. The predicted octanol–water partition coefficient (Wildman–Crippen LogP) is 5.78. The number of nitrogens with zero attached hydrogens (tertiary/aromatic N) is 3. The summed E-state index contributed by atoms with van der Waals surface area (Å²) in [5.74, 6) is 0.463. The Labute approximate surface area is 258 Å². The van der Waals surface area contributed by atoms with Gasteiger partial charge in [-0.05, 0) is 55.0 Å². The number of aromatic nitrogens is 1. The molecule has 0 saturated heterocycles. The lowest BCUT2D eigenvalue weighted by Crippen LogP contribution is -2.40. The number of hydrogen-bond donors (Lipinski definition) is 0. The normalized spacial score (nSPS) is 14.8. The Morgan fingerprint density at radius 2 is 1.98 bits per heavy atom. The molecule has 3 heterocycles. The Morgan fingerprint density at radius 1 is 1.18 bits per heavy atom. The Bertz CT molecular complexity index is 2200. The van der Waals surface area contributed by atoms with Crippen LogP contribution in [-0.2, 0) is 9.53 Å². The zero-order valence-corrected chi connectivity index (χ0v) is 25.3. The number of thiazole rings is 1. The Balaban J connectivity index is 1.56. The number of methoxy groups -OCH3 is 1. The average molecular weight is 630 g/mol. The summed E-state index contributed by atoms with van der Waals surface area (Å²) in [5, 5.41) is 13.6. The summed E-state index contributed by atoms with van der Waals surface area (Å²) in [6.07, 6.45) is 1.55. The summed E-state index contributed by atoms with van der Waals surface area (Å²) >= 11 is 7.10. The molecule has 0 unspecified atom stereocenters. The molecular formula is C32H24ClN3O7S. The third-order valence-corrected chi connectivity index (χ3v) is 8.48. The summed E-state index contributed by atoms with van der Waals surface area (Å²) in [6.45, 7) is 3.57. The number of benzene rings is 3. The number of halogens is 1. The Kier molecular flexibility index (Phi) is 7.66. The average Bonchev–Trinajstić information content (AvgIpc) is 3.59. The van der Waals surface area contributed by atoms with Gasteiger partial charge >= 0.3 is 5.97 Å². The van der Waals surface area contributed by atoms with E-state index in [4.69, 9.17) is 25.5 Å². The molecule has 0 fully saturated rings. The molecule has 44 heavy (non-hydrogen) atoms. The van der Waals surface area contributed by atoms with E-state index in [2.05, 4.69) is 4.99 Å². The summed E-state index contributed by atoms with van der Waals surface area (Å²) in [6, 6.07) is 18.0. The van der Waals surface area contributed by atoms with Crippen LogP contribution in [0.4, 0.5) is 5.69 Å². The number of furan rings is 1. The largest absolute Gasteiger partial charge is 0.496 e.